The van der Waals surface area contributed by atoms with Crippen LogP contribution in [0.2, 0.25) is 0 Å². The molecular weight excluding hydrogens is 214 g/mol. The third kappa shape index (κ3) is 3.61. The zero-order chi connectivity index (χ0) is 11.1. The van der Waals surface area contributed by atoms with Crippen molar-refractivity contribution in [1.82, 2.24) is 0 Å². The number of nitro groups is 1. The fourth-order valence-electron chi connectivity index (χ4n) is 1.05. The first-order chi connectivity index (χ1) is 7.25. The van der Waals surface area contributed by atoms with Gasteiger partial charge in [0.05, 0.1) is 4.92 Å². The van der Waals surface area contributed by atoms with E-state index in [4.69, 9.17) is 11.6 Å². The number of nitro benzene ring substituents is 1. The molecule has 0 aliphatic carbocycles. The summed E-state index contributed by atoms with van der Waals surface area (Å²) in [4.78, 5) is 10.2. The second-order valence-corrected chi connectivity index (χ2v) is 3.25. The molecule has 0 aromatic heterocycles. The molecule has 0 aliphatic rings. The van der Waals surface area contributed by atoms with Gasteiger partial charge in [-0.05, 0) is 12.5 Å². The number of para-hydroxylation sites is 1. The molecule has 15 heavy (non-hydrogen) atoms. The lowest BCUT2D eigenvalue weighted by Crippen LogP contribution is -1.91. The van der Waals surface area contributed by atoms with Crippen LogP contribution in [0.25, 0.3) is 0 Å². The first-order valence-electron chi connectivity index (χ1n) is 4.54. The van der Waals surface area contributed by atoms with Crippen LogP contribution in [0.3, 0.4) is 0 Å². The minimum Gasteiger partial charge on any atom is -0.258 e. The fraction of sp³-hybridized carbons (Fsp3) is 0.273. The van der Waals surface area contributed by atoms with Gasteiger partial charge in [-0.25, -0.2) is 0 Å². The van der Waals surface area contributed by atoms with Gasteiger partial charge in [-0.3, -0.25) is 10.1 Å². The fourth-order valence-corrected chi connectivity index (χ4v) is 1.19. The van der Waals surface area contributed by atoms with Crippen LogP contribution in [0, 0.1) is 22.0 Å². The summed E-state index contributed by atoms with van der Waals surface area (Å²) in [6.45, 7) is 0. The van der Waals surface area contributed by atoms with E-state index in [1.807, 2.05) is 0 Å². The monoisotopic (exact) mass is 223 g/mol. The van der Waals surface area contributed by atoms with E-state index in [0.29, 0.717) is 17.9 Å². The predicted molar refractivity (Wildman–Crippen MR) is 59.9 cm³/mol. The van der Waals surface area contributed by atoms with Crippen LogP contribution >= 0.6 is 11.6 Å². The summed E-state index contributed by atoms with van der Waals surface area (Å²) in [5, 5.41) is 10.6. The van der Waals surface area contributed by atoms with Crippen LogP contribution < -0.4 is 0 Å². The lowest BCUT2D eigenvalue weighted by atomic mass is 10.2. The van der Waals surface area contributed by atoms with Crippen molar-refractivity contribution in [3.8, 4) is 11.8 Å². The Kier molecular flexibility index (Phi) is 4.65. The molecule has 3 nitrogen and oxygen atoms in total. The van der Waals surface area contributed by atoms with E-state index in [2.05, 4.69) is 11.8 Å². The maximum absolute atomic E-state index is 10.6. The van der Waals surface area contributed by atoms with E-state index in [1.165, 1.54) is 6.07 Å². The van der Waals surface area contributed by atoms with Gasteiger partial charge in [-0.1, -0.05) is 24.0 Å². The Hall–Kier alpha value is -1.53. The van der Waals surface area contributed by atoms with E-state index < -0.39 is 4.92 Å². The number of unbranched alkanes of at least 4 members (excludes halogenated alkanes) is 1. The molecule has 4 heteroatoms. The minimum absolute atomic E-state index is 0.0517. The maximum atomic E-state index is 10.6. The van der Waals surface area contributed by atoms with Crippen molar-refractivity contribution < 1.29 is 4.92 Å². The van der Waals surface area contributed by atoms with E-state index in [9.17, 15) is 10.1 Å². The second kappa shape index (κ2) is 6.05. The van der Waals surface area contributed by atoms with Gasteiger partial charge < -0.3 is 0 Å². The van der Waals surface area contributed by atoms with Crippen LogP contribution in [0.4, 0.5) is 5.69 Å². The Morgan fingerprint density at radius 2 is 2.13 bits per heavy atom. The van der Waals surface area contributed by atoms with Crippen molar-refractivity contribution in [1.29, 1.82) is 0 Å². The molecule has 0 heterocycles. The van der Waals surface area contributed by atoms with E-state index in [-0.39, 0.29) is 5.69 Å². The van der Waals surface area contributed by atoms with Gasteiger partial charge in [0.25, 0.3) is 5.69 Å². The molecule has 0 saturated carbocycles. The number of rotatable bonds is 3. The molecule has 0 unspecified atom stereocenters. The summed E-state index contributed by atoms with van der Waals surface area (Å²) in [7, 11) is 0. The van der Waals surface area contributed by atoms with Gasteiger partial charge in [0, 0.05) is 18.4 Å². The molecule has 1 aromatic carbocycles. The third-order valence-electron chi connectivity index (χ3n) is 1.76. The van der Waals surface area contributed by atoms with Crippen molar-refractivity contribution in [2.24, 2.45) is 0 Å². The van der Waals surface area contributed by atoms with Crippen LogP contribution in [0.5, 0.6) is 0 Å². The highest BCUT2D eigenvalue weighted by atomic mass is 35.5. The van der Waals surface area contributed by atoms with Crippen molar-refractivity contribution in [2.75, 3.05) is 5.88 Å². The molecule has 78 valence electrons. The smallest absolute Gasteiger partial charge is 0.258 e. The topological polar surface area (TPSA) is 43.1 Å². The van der Waals surface area contributed by atoms with Crippen molar-refractivity contribution in [2.45, 2.75) is 12.8 Å². The zero-order valence-corrected chi connectivity index (χ0v) is 8.83. The SMILES string of the molecule is O=[N+]([O-])c1ccccc1C#CCCCCl. The Bertz CT molecular complexity index is 407. The molecule has 1 aromatic rings. The lowest BCUT2D eigenvalue weighted by Gasteiger charge is -1.93. The number of alkyl halides is 1. The number of nitrogens with zero attached hydrogens (tertiary/aromatic N) is 1. The van der Waals surface area contributed by atoms with E-state index >= 15 is 0 Å². The number of halogens is 1. The van der Waals surface area contributed by atoms with Crippen LogP contribution in [-0.4, -0.2) is 10.8 Å². The summed E-state index contributed by atoms with van der Waals surface area (Å²) < 4.78 is 0. The van der Waals surface area contributed by atoms with Crippen LogP contribution in [0.15, 0.2) is 24.3 Å². The highest BCUT2D eigenvalue weighted by Crippen LogP contribution is 2.15. The summed E-state index contributed by atoms with van der Waals surface area (Å²) in [6, 6.07) is 6.46. The molecular formula is C11H10ClNO2. The molecule has 0 radical (unpaired) electrons. The zero-order valence-electron chi connectivity index (χ0n) is 8.07. The van der Waals surface area contributed by atoms with Gasteiger partial charge >= 0.3 is 0 Å². The molecule has 0 atom stereocenters. The first-order valence-corrected chi connectivity index (χ1v) is 5.07. The molecule has 1 rings (SSSR count). The van der Waals surface area contributed by atoms with E-state index in [0.717, 1.165) is 6.42 Å². The normalized spacial score (nSPS) is 9.13. The van der Waals surface area contributed by atoms with Crippen molar-refractivity contribution >= 4 is 17.3 Å². The Labute approximate surface area is 93.2 Å². The molecule has 0 amide bonds. The summed E-state index contributed by atoms with van der Waals surface area (Å²) in [6.07, 6.45) is 1.46. The number of hydrogen-bond acceptors (Lipinski definition) is 2. The molecule has 0 saturated heterocycles. The lowest BCUT2D eigenvalue weighted by molar-refractivity contribution is -0.385. The van der Waals surface area contributed by atoms with Gasteiger partial charge in [0.2, 0.25) is 0 Å². The van der Waals surface area contributed by atoms with Gasteiger partial charge in [0.1, 0.15) is 5.56 Å². The Balaban J connectivity index is 2.83. The van der Waals surface area contributed by atoms with Crippen molar-refractivity contribution in [3.63, 3.8) is 0 Å². The number of hydrogen-bond donors (Lipinski definition) is 0. The standard InChI is InChI=1S/C11H10ClNO2/c12-9-5-1-2-6-10-7-3-4-8-11(10)13(14)15/h3-4,7-8H,1,5,9H2. The maximum Gasteiger partial charge on any atom is 0.284 e. The summed E-state index contributed by atoms with van der Waals surface area (Å²) in [5.41, 5.74) is 0.507. The summed E-state index contributed by atoms with van der Waals surface area (Å²) >= 11 is 5.49. The largest absolute Gasteiger partial charge is 0.284 e. The molecule has 0 aliphatic heterocycles. The van der Waals surface area contributed by atoms with Gasteiger partial charge in [-0.2, -0.15) is 0 Å². The number of benzene rings is 1. The Morgan fingerprint density at radius 1 is 1.40 bits per heavy atom. The summed E-state index contributed by atoms with van der Waals surface area (Å²) in [5.74, 6) is 6.20. The minimum atomic E-state index is -0.425. The quantitative estimate of drug-likeness (QED) is 0.260. The average Bonchev–Trinajstić information content (AvgIpc) is 2.25. The van der Waals surface area contributed by atoms with Gasteiger partial charge in [0.15, 0.2) is 0 Å². The highest BCUT2D eigenvalue weighted by Gasteiger charge is 2.09. The molecule has 0 bridgehead atoms. The average molecular weight is 224 g/mol. The third-order valence-corrected chi connectivity index (χ3v) is 2.03. The predicted octanol–water partition coefficient (Wildman–Crippen LogP) is 2.97. The molecule has 0 fully saturated rings. The highest BCUT2D eigenvalue weighted by molar-refractivity contribution is 6.17. The van der Waals surface area contributed by atoms with Crippen molar-refractivity contribution in [3.05, 3.63) is 39.9 Å². The molecule has 0 spiro atoms. The van der Waals surface area contributed by atoms with Crippen LogP contribution in [0.1, 0.15) is 18.4 Å². The first kappa shape index (κ1) is 11.5. The Morgan fingerprint density at radius 3 is 2.80 bits per heavy atom. The van der Waals surface area contributed by atoms with Crippen LogP contribution in [-0.2, 0) is 0 Å². The van der Waals surface area contributed by atoms with E-state index in [1.54, 1.807) is 18.2 Å². The molecule has 0 N–H and O–H groups in total. The second-order valence-electron chi connectivity index (χ2n) is 2.87. The van der Waals surface area contributed by atoms with Gasteiger partial charge in [-0.15, -0.1) is 11.6 Å².